The third kappa shape index (κ3) is 3.24. The number of nitrogen functional groups attached to an aromatic ring is 1. The second kappa shape index (κ2) is 5.88. The largest absolute Gasteiger partial charge is 1.00 e. The van der Waals surface area contributed by atoms with Crippen molar-refractivity contribution in [2.75, 3.05) is 5.73 Å². The zero-order valence-corrected chi connectivity index (χ0v) is 12.8. The van der Waals surface area contributed by atoms with Gasteiger partial charge in [-0.05, 0) is 25.5 Å². The molecule has 0 saturated carbocycles. The Kier molecular flexibility index (Phi) is 6.05. The van der Waals surface area contributed by atoms with Crippen LogP contribution in [0.5, 0.6) is 0 Å². The molecule has 0 spiro atoms. The van der Waals surface area contributed by atoms with Gasteiger partial charge in [0.05, 0.1) is 0 Å². The SMILES string of the molecule is Cc1c(N)cc(CN)c(C)c1[B-](F)(F)F.[K+]. The van der Waals surface area contributed by atoms with Gasteiger partial charge in [-0.15, -0.1) is 5.46 Å². The minimum atomic E-state index is -5.04. The van der Waals surface area contributed by atoms with E-state index in [1.807, 2.05) is 0 Å². The van der Waals surface area contributed by atoms with Crippen molar-refractivity contribution in [2.45, 2.75) is 20.4 Å². The minimum absolute atomic E-state index is 0. The first-order valence-corrected chi connectivity index (χ1v) is 4.57. The molecule has 0 aliphatic heterocycles. The number of halogens is 3. The van der Waals surface area contributed by atoms with Crippen molar-refractivity contribution in [3.8, 4) is 0 Å². The molecule has 0 amide bonds. The molecule has 0 unspecified atom stereocenters. The van der Waals surface area contributed by atoms with Crippen LogP contribution in [0.25, 0.3) is 0 Å². The average molecular weight is 256 g/mol. The maximum Gasteiger partial charge on any atom is 1.00 e. The van der Waals surface area contributed by atoms with Gasteiger partial charge in [0.2, 0.25) is 0 Å². The predicted octanol–water partition coefficient (Wildman–Crippen LogP) is -1.60. The van der Waals surface area contributed by atoms with Gasteiger partial charge in [0.25, 0.3) is 0 Å². The van der Waals surface area contributed by atoms with E-state index in [1.165, 1.54) is 19.9 Å². The Balaban J connectivity index is 0.00000225. The fourth-order valence-corrected chi connectivity index (χ4v) is 1.72. The second-order valence-corrected chi connectivity index (χ2v) is 3.57. The molecule has 0 saturated heterocycles. The molecule has 0 bridgehead atoms. The van der Waals surface area contributed by atoms with E-state index in [4.69, 9.17) is 11.5 Å². The van der Waals surface area contributed by atoms with Crippen molar-refractivity contribution in [1.29, 1.82) is 0 Å². The molecule has 0 fully saturated rings. The van der Waals surface area contributed by atoms with Crippen LogP contribution in [0.1, 0.15) is 16.7 Å². The first-order valence-electron chi connectivity index (χ1n) is 4.57. The number of rotatable bonds is 2. The van der Waals surface area contributed by atoms with Crippen molar-refractivity contribution < 1.29 is 64.3 Å². The summed E-state index contributed by atoms with van der Waals surface area (Å²) in [7, 11) is 0. The Morgan fingerprint density at radius 2 is 1.69 bits per heavy atom. The molecule has 4 N–H and O–H groups in total. The van der Waals surface area contributed by atoms with Crippen molar-refractivity contribution in [3.63, 3.8) is 0 Å². The van der Waals surface area contributed by atoms with Gasteiger partial charge in [0, 0.05) is 12.2 Å². The molecule has 2 nitrogen and oxygen atoms in total. The minimum Gasteiger partial charge on any atom is -0.445 e. The van der Waals surface area contributed by atoms with Gasteiger partial charge in [0.15, 0.2) is 0 Å². The maximum absolute atomic E-state index is 12.8. The van der Waals surface area contributed by atoms with Crippen molar-refractivity contribution in [2.24, 2.45) is 5.73 Å². The quantitative estimate of drug-likeness (QED) is 0.495. The normalized spacial score (nSPS) is 11.1. The summed E-state index contributed by atoms with van der Waals surface area (Å²) in [5, 5.41) is 0. The molecule has 84 valence electrons. The smallest absolute Gasteiger partial charge is 0.445 e. The summed E-state index contributed by atoms with van der Waals surface area (Å²) in [4.78, 5) is 0. The van der Waals surface area contributed by atoms with Crippen LogP contribution in [-0.2, 0) is 6.54 Å². The Morgan fingerprint density at radius 3 is 2.06 bits per heavy atom. The van der Waals surface area contributed by atoms with E-state index >= 15 is 0 Å². The van der Waals surface area contributed by atoms with Gasteiger partial charge in [-0.1, -0.05) is 11.1 Å². The third-order valence-electron chi connectivity index (χ3n) is 2.60. The monoisotopic (exact) mass is 256 g/mol. The summed E-state index contributed by atoms with van der Waals surface area (Å²) >= 11 is 0. The number of anilines is 1. The third-order valence-corrected chi connectivity index (χ3v) is 2.60. The molecule has 0 atom stereocenters. The predicted molar refractivity (Wildman–Crippen MR) is 56.9 cm³/mol. The van der Waals surface area contributed by atoms with Gasteiger partial charge in [-0.25, -0.2) is 0 Å². The summed E-state index contributed by atoms with van der Waals surface area (Å²) in [6.07, 6.45) is 0. The van der Waals surface area contributed by atoms with Crippen LogP contribution in [0.3, 0.4) is 0 Å². The molecule has 0 heterocycles. The van der Waals surface area contributed by atoms with E-state index in [-0.39, 0.29) is 74.7 Å². The number of nitrogens with two attached hydrogens (primary N) is 2. The van der Waals surface area contributed by atoms with Crippen LogP contribution in [0.2, 0.25) is 0 Å². The topological polar surface area (TPSA) is 52.0 Å². The molecule has 7 heteroatoms. The Bertz CT molecular complexity index is 393. The summed E-state index contributed by atoms with van der Waals surface area (Å²) in [5.41, 5.74) is 11.2. The van der Waals surface area contributed by atoms with E-state index in [0.717, 1.165) is 0 Å². The molecule has 1 rings (SSSR count). The van der Waals surface area contributed by atoms with Gasteiger partial charge >= 0.3 is 58.4 Å². The number of benzene rings is 1. The number of hydrogen-bond donors (Lipinski definition) is 2. The van der Waals surface area contributed by atoms with E-state index < -0.39 is 12.4 Å². The van der Waals surface area contributed by atoms with Gasteiger partial charge in [-0.2, -0.15) is 0 Å². The van der Waals surface area contributed by atoms with E-state index in [0.29, 0.717) is 5.56 Å². The second-order valence-electron chi connectivity index (χ2n) is 3.57. The van der Waals surface area contributed by atoms with Crippen LogP contribution in [0.4, 0.5) is 18.6 Å². The van der Waals surface area contributed by atoms with Crippen LogP contribution < -0.4 is 68.3 Å². The summed E-state index contributed by atoms with van der Waals surface area (Å²) in [6, 6.07) is 1.51. The van der Waals surface area contributed by atoms with E-state index in [1.54, 1.807) is 0 Å². The molecule has 1 aromatic rings. The molecule has 0 aromatic heterocycles. The number of hydrogen-bond acceptors (Lipinski definition) is 2. The Morgan fingerprint density at radius 1 is 1.19 bits per heavy atom. The maximum atomic E-state index is 12.8. The van der Waals surface area contributed by atoms with Crippen LogP contribution in [0, 0.1) is 13.8 Å². The average Bonchev–Trinajstić information content (AvgIpc) is 2.09. The molecule has 16 heavy (non-hydrogen) atoms. The van der Waals surface area contributed by atoms with Gasteiger partial charge in [-0.3, -0.25) is 0 Å². The van der Waals surface area contributed by atoms with Crippen LogP contribution >= 0.6 is 0 Å². The fourth-order valence-electron chi connectivity index (χ4n) is 1.72. The molecular formula is C9H13BF3KN2. The van der Waals surface area contributed by atoms with E-state index in [9.17, 15) is 12.9 Å². The summed E-state index contributed by atoms with van der Waals surface area (Å²) in [5.74, 6) is 0. The first-order chi connectivity index (χ1) is 6.79. The summed E-state index contributed by atoms with van der Waals surface area (Å²) in [6.45, 7) is -2.16. The standard InChI is InChI=1S/C9H13BF3N2.K/c1-5-7(4-14)3-8(15)6(2)9(5)10(11,12)13;/h3H,4,14-15H2,1-2H3;/q-1;+1. The van der Waals surface area contributed by atoms with Crippen molar-refractivity contribution >= 4 is 18.1 Å². The van der Waals surface area contributed by atoms with Crippen LogP contribution in [0.15, 0.2) is 6.07 Å². The zero-order valence-electron chi connectivity index (χ0n) is 9.65. The molecular weight excluding hydrogens is 243 g/mol. The van der Waals surface area contributed by atoms with Gasteiger partial charge < -0.3 is 24.4 Å². The van der Waals surface area contributed by atoms with Crippen LogP contribution in [-0.4, -0.2) is 6.98 Å². The molecule has 0 aliphatic rings. The first kappa shape index (κ1) is 16.5. The van der Waals surface area contributed by atoms with Crippen molar-refractivity contribution in [1.82, 2.24) is 0 Å². The van der Waals surface area contributed by atoms with Gasteiger partial charge in [0.1, 0.15) is 0 Å². The van der Waals surface area contributed by atoms with E-state index in [2.05, 4.69) is 0 Å². The van der Waals surface area contributed by atoms with Crippen molar-refractivity contribution in [3.05, 3.63) is 22.8 Å². The summed E-state index contributed by atoms with van der Waals surface area (Å²) < 4.78 is 38.3. The molecule has 0 radical (unpaired) electrons. The zero-order chi connectivity index (χ0) is 11.8. The fraction of sp³-hybridized carbons (Fsp3) is 0.333. The molecule has 1 aromatic carbocycles. The Labute approximate surface area is 135 Å². The molecule has 0 aliphatic carbocycles. The Hall–Kier alpha value is 0.471.